The van der Waals surface area contributed by atoms with Crippen LogP contribution < -0.4 is 10.6 Å². The van der Waals surface area contributed by atoms with Crippen molar-refractivity contribution in [3.8, 4) is 0 Å². The average Bonchev–Trinajstić information content (AvgIpc) is 2.71. The number of unbranched alkanes of at least 4 members (excludes halogenated alkanes) is 1. The first-order valence-corrected chi connectivity index (χ1v) is 12.1. The third-order valence-electron chi connectivity index (χ3n) is 5.43. The lowest BCUT2D eigenvalue weighted by molar-refractivity contribution is -0.130. The van der Waals surface area contributed by atoms with Crippen molar-refractivity contribution >= 4 is 29.2 Å². The normalized spacial score (nSPS) is 12.2. The van der Waals surface area contributed by atoms with Gasteiger partial charge in [0.25, 0.3) is 0 Å². The van der Waals surface area contributed by atoms with Crippen molar-refractivity contribution in [1.29, 1.82) is 0 Å². The lowest BCUT2D eigenvalue weighted by atomic mass is 9.96. The van der Waals surface area contributed by atoms with E-state index in [1.807, 2.05) is 41.5 Å². The summed E-state index contributed by atoms with van der Waals surface area (Å²) < 4.78 is 0. The highest BCUT2D eigenvalue weighted by Gasteiger charge is 2.22. The molecule has 0 spiro atoms. The molecule has 0 aromatic heterocycles. The van der Waals surface area contributed by atoms with Crippen molar-refractivity contribution in [2.75, 3.05) is 6.54 Å². The minimum absolute atomic E-state index is 0.00239. The number of ketones is 3. The fourth-order valence-corrected chi connectivity index (χ4v) is 3.17. The van der Waals surface area contributed by atoms with Gasteiger partial charge in [-0.25, -0.2) is 0 Å². The van der Waals surface area contributed by atoms with E-state index < -0.39 is 6.04 Å². The van der Waals surface area contributed by atoms with E-state index in [4.69, 9.17) is 0 Å². The molecule has 0 heterocycles. The average molecular weight is 453 g/mol. The maximum atomic E-state index is 12.5. The molecule has 0 aliphatic heterocycles. The molecular weight excluding hydrogens is 408 g/mol. The lowest BCUT2D eigenvalue weighted by Gasteiger charge is -2.20. The maximum absolute atomic E-state index is 12.5. The highest BCUT2D eigenvalue weighted by Crippen LogP contribution is 2.10. The van der Waals surface area contributed by atoms with Crippen LogP contribution >= 0.6 is 0 Å². The molecule has 0 fully saturated rings. The molecule has 0 rings (SSSR count). The van der Waals surface area contributed by atoms with Crippen LogP contribution in [-0.2, 0) is 24.0 Å². The second kappa shape index (κ2) is 16.6. The third kappa shape index (κ3) is 14.1. The summed E-state index contributed by atoms with van der Waals surface area (Å²) in [6, 6.07) is -0.541. The molecule has 0 saturated carbocycles. The molecular formula is C25H44N2O5. The van der Waals surface area contributed by atoms with E-state index in [9.17, 15) is 24.0 Å². The minimum Gasteiger partial charge on any atom is -0.356 e. The first kappa shape index (κ1) is 29.9. The number of hydrogen-bond acceptors (Lipinski definition) is 5. The molecule has 7 heteroatoms. The summed E-state index contributed by atoms with van der Waals surface area (Å²) >= 11 is 0. The summed E-state index contributed by atoms with van der Waals surface area (Å²) in [5.74, 6) is -0.177. The molecule has 0 aliphatic carbocycles. The zero-order valence-electron chi connectivity index (χ0n) is 20.9. The van der Waals surface area contributed by atoms with Crippen LogP contribution in [0.4, 0.5) is 0 Å². The molecule has 0 aromatic rings. The Morgan fingerprint density at radius 3 is 1.56 bits per heavy atom. The third-order valence-corrected chi connectivity index (χ3v) is 5.43. The van der Waals surface area contributed by atoms with Gasteiger partial charge in [0.05, 0.1) is 6.04 Å². The predicted molar refractivity (Wildman–Crippen MR) is 126 cm³/mol. The van der Waals surface area contributed by atoms with E-state index in [0.717, 1.165) is 0 Å². The SMILES string of the molecule is CC(C)C(=O)CCCC(=O)NCCCCC(NC(=O)CCCC(=O)C(C)C)C(=O)C(C)C. The molecule has 2 N–H and O–H groups in total. The van der Waals surface area contributed by atoms with E-state index >= 15 is 0 Å². The van der Waals surface area contributed by atoms with E-state index in [1.165, 1.54) is 0 Å². The molecule has 0 bridgehead atoms. The highest BCUT2D eigenvalue weighted by molar-refractivity contribution is 5.90. The van der Waals surface area contributed by atoms with E-state index in [1.54, 1.807) is 0 Å². The molecule has 184 valence electrons. The van der Waals surface area contributed by atoms with Crippen LogP contribution in [0.25, 0.3) is 0 Å². The Labute approximate surface area is 193 Å². The predicted octanol–water partition coefficient (Wildman–Crippen LogP) is 3.77. The molecule has 0 aromatic carbocycles. The van der Waals surface area contributed by atoms with E-state index in [-0.39, 0.29) is 53.3 Å². The van der Waals surface area contributed by atoms with Gasteiger partial charge in [0.1, 0.15) is 11.6 Å². The zero-order valence-corrected chi connectivity index (χ0v) is 20.9. The van der Waals surface area contributed by atoms with Crippen LogP contribution in [0.2, 0.25) is 0 Å². The molecule has 7 nitrogen and oxygen atoms in total. The highest BCUT2D eigenvalue weighted by atomic mass is 16.2. The molecule has 0 radical (unpaired) electrons. The molecule has 0 aliphatic rings. The summed E-state index contributed by atoms with van der Waals surface area (Å²) in [4.78, 5) is 59.8. The first-order valence-electron chi connectivity index (χ1n) is 12.1. The second-order valence-electron chi connectivity index (χ2n) is 9.47. The van der Waals surface area contributed by atoms with Crippen LogP contribution in [0.3, 0.4) is 0 Å². The Morgan fingerprint density at radius 1 is 0.594 bits per heavy atom. The fraction of sp³-hybridized carbons (Fsp3) is 0.800. The smallest absolute Gasteiger partial charge is 0.220 e. The van der Waals surface area contributed by atoms with Crippen molar-refractivity contribution in [3.05, 3.63) is 0 Å². The van der Waals surface area contributed by atoms with Crippen LogP contribution in [0.1, 0.15) is 99.3 Å². The zero-order chi connectivity index (χ0) is 24.7. The number of Topliss-reactive ketones (excluding diaryl/α,β-unsaturated/α-hetero) is 3. The summed E-state index contributed by atoms with van der Waals surface area (Å²) in [5, 5.41) is 5.67. The van der Waals surface area contributed by atoms with Crippen molar-refractivity contribution in [2.24, 2.45) is 17.8 Å². The number of carbonyl (C=O) groups excluding carboxylic acids is 5. The minimum atomic E-state index is -0.541. The van der Waals surface area contributed by atoms with Gasteiger partial charge in [-0.2, -0.15) is 0 Å². The van der Waals surface area contributed by atoms with Gasteiger partial charge in [0.15, 0.2) is 5.78 Å². The van der Waals surface area contributed by atoms with Gasteiger partial charge in [-0.3, -0.25) is 24.0 Å². The Balaban J connectivity index is 4.26. The van der Waals surface area contributed by atoms with Crippen LogP contribution in [0.15, 0.2) is 0 Å². The van der Waals surface area contributed by atoms with Crippen molar-refractivity contribution in [3.63, 3.8) is 0 Å². The summed E-state index contributed by atoms with van der Waals surface area (Å²) in [7, 11) is 0. The Morgan fingerprint density at radius 2 is 1.09 bits per heavy atom. The molecule has 0 saturated heterocycles. The quantitative estimate of drug-likeness (QED) is 0.308. The summed E-state index contributed by atoms with van der Waals surface area (Å²) in [5.41, 5.74) is 0. The largest absolute Gasteiger partial charge is 0.356 e. The van der Waals surface area contributed by atoms with Gasteiger partial charge >= 0.3 is 0 Å². The van der Waals surface area contributed by atoms with Crippen LogP contribution in [0.5, 0.6) is 0 Å². The molecule has 2 amide bonds. The first-order chi connectivity index (χ1) is 15.0. The van der Waals surface area contributed by atoms with Crippen LogP contribution in [-0.4, -0.2) is 41.8 Å². The maximum Gasteiger partial charge on any atom is 0.220 e. The Hall–Kier alpha value is -2.05. The number of nitrogens with one attached hydrogen (secondary N) is 2. The lowest BCUT2D eigenvalue weighted by Crippen LogP contribution is -2.42. The van der Waals surface area contributed by atoms with Gasteiger partial charge < -0.3 is 10.6 Å². The standard InChI is InChI=1S/C25H44N2O5/c1-17(2)21(28)12-9-14-23(30)26-16-8-7-11-20(25(32)19(5)6)27-24(31)15-10-13-22(29)18(3)4/h17-20H,7-16H2,1-6H3,(H,26,30)(H,27,31). The van der Waals surface area contributed by atoms with Gasteiger partial charge in [-0.1, -0.05) is 41.5 Å². The number of hydrogen-bond donors (Lipinski definition) is 2. The number of rotatable bonds is 18. The summed E-state index contributed by atoms with van der Waals surface area (Å²) in [6.45, 7) is 11.5. The van der Waals surface area contributed by atoms with Gasteiger partial charge in [-0.05, 0) is 32.1 Å². The molecule has 1 atom stereocenters. The number of amides is 2. The topological polar surface area (TPSA) is 109 Å². The second-order valence-corrected chi connectivity index (χ2v) is 9.47. The van der Waals surface area contributed by atoms with Gasteiger partial charge in [0.2, 0.25) is 11.8 Å². The Kier molecular flexibility index (Phi) is 15.5. The molecule has 1 unspecified atom stereocenters. The van der Waals surface area contributed by atoms with E-state index in [0.29, 0.717) is 57.9 Å². The van der Waals surface area contributed by atoms with Crippen molar-refractivity contribution in [2.45, 2.75) is 105 Å². The molecule has 32 heavy (non-hydrogen) atoms. The summed E-state index contributed by atoms with van der Waals surface area (Å²) in [6.07, 6.45) is 4.33. The van der Waals surface area contributed by atoms with Crippen molar-refractivity contribution < 1.29 is 24.0 Å². The monoisotopic (exact) mass is 452 g/mol. The fourth-order valence-electron chi connectivity index (χ4n) is 3.17. The van der Waals surface area contributed by atoms with E-state index in [2.05, 4.69) is 10.6 Å². The van der Waals surface area contributed by atoms with Gasteiger partial charge in [0, 0.05) is 50.0 Å². The number of carbonyl (C=O) groups is 5. The van der Waals surface area contributed by atoms with Crippen LogP contribution in [0, 0.1) is 17.8 Å². The Bertz CT molecular complexity index is 626. The van der Waals surface area contributed by atoms with Gasteiger partial charge in [-0.15, -0.1) is 0 Å². The van der Waals surface area contributed by atoms with Crippen molar-refractivity contribution in [1.82, 2.24) is 10.6 Å².